The molecule has 0 radical (unpaired) electrons. The Morgan fingerprint density at radius 1 is 1.23 bits per heavy atom. The molecule has 3 rings (SSSR count). The molecule has 0 aliphatic carbocycles. The molecule has 7 heteroatoms. The third kappa shape index (κ3) is 7.14. The molecule has 0 bridgehead atoms. The van der Waals surface area contributed by atoms with Gasteiger partial charge >= 0.3 is 0 Å². The number of piperidine rings is 1. The maximum Gasteiger partial charge on any atom is 0.251 e. The van der Waals surface area contributed by atoms with Crippen molar-refractivity contribution in [1.82, 2.24) is 15.2 Å². The monoisotopic (exact) mass is 442 g/mol. The predicted octanol–water partition coefficient (Wildman–Crippen LogP) is 4.43. The van der Waals surface area contributed by atoms with Crippen LogP contribution in [0, 0.1) is 5.92 Å². The van der Waals surface area contributed by atoms with Gasteiger partial charge in [0.05, 0.1) is 5.69 Å². The number of hydrogen-bond acceptors (Lipinski definition) is 5. The van der Waals surface area contributed by atoms with Crippen LogP contribution in [0.5, 0.6) is 0 Å². The number of amides is 2. The second kappa shape index (κ2) is 10.4. The molecule has 6 nitrogen and oxygen atoms in total. The number of rotatable bonds is 7. The summed E-state index contributed by atoms with van der Waals surface area (Å²) in [6.45, 7) is 12.1. The summed E-state index contributed by atoms with van der Waals surface area (Å²) >= 11 is 1.45. The molecule has 168 valence electrons. The molecule has 2 N–H and O–H groups in total. The van der Waals surface area contributed by atoms with Gasteiger partial charge in [-0.05, 0) is 48.4 Å². The minimum atomic E-state index is -0.166. The third-order valence-electron chi connectivity index (χ3n) is 5.58. The maximum atomic E-state index is 12.3. The van der Waals surface area contributed by atoms with Crippen LogP contribution in [-0.2, 0) is 16.8 Å². The van der Waals surface area contributed by atoms with Crippen molar-refractivity contribution in [3.63, 3.8) is 0 Å². The highest BCUT2D eigenvalue weighted by Gasteiger charge is 2.18. The van der Waals surface area contributed by atoms with Crippen LogP contribution in [0.25, 0.3) is 0 Å². The summed E-state index contributed by atoms with van der Waals surface area (Å²) in [6, 6.07) is 7.62. The Balaban J connectivity index is 1.40. The number of benzene rings is 1. The quantitative estimate of drug-likeness (QED) is 0.665. The van der Waals surface area contributed by atoms with Crippen molar-refractivity contribution in [2.24, 2.45) is 5.92 Å². The molecular weight excluding hydrogens is 408 g/mol. The van der Waals surface area contributed by atoms with Crippen LogP contribution in [0.3, 0.4) is 0 Å². The second-order valence-electron chi connectivity index (χ2n) is 9.51. The highest BCUT2D eigenvalue weighted by Crippen LogP contribution is 2.22. The van der Waals surface area contributed by atoms with E-state index >= 15 is 0 Å². The zero-order chi connectivity index (χ0) is 22.4. The van der Waals surface area contributed by atoms with Gasteiger partial charge in [0, 0.05) is 37.0 Å². The Kier molecular flexibility index (Phi) is 7.84. The number of nitrogens with zero attached hydrogens (tertiary/aromatic N) is 2. The molecule has 1 aromatic carbocycles. The molecule has 1 aliphatic rings. The van der Waals surface area contributed by atoms with Gasteiger partial charge in [-0.2, -0.15) is 0 Å². The average molecular weight is 443 g/mol. The van der Waals surface area contributed by atoms with Crippen molar-refractivity contribution in [2.75, 3.05) is 25.0 Å². The summed E-state index contributed by atoms with van der Waals surface area (Å²) in [6.07, 6.45) is 2.75. The van der Waals surface area contributed by atoms with Crippen LogP contribution in [0.1, 0.15) is 68.6 Å². The van der Waals surface area contributed by atoms with Crippen LogP contribution in [0.2, 0.25) is 0 Å². The second-order valence-corrected chi connectivity index (χ2v) is 10.4. The maximum absolute atomic E-state index is 12.3. The fourth-order valence-electron chi connectivity index (χ4n) is 3.79. The molecule has 1 unspecified atom stereocenters. The van der Waals surface area contributed by atoms with Gasteiger partial charge in [-0.25, -0.2) is 4.98 Å². The summed E-state index contributed by atoms with van der Waals surface area (Å²) in [5.41, 5.74) is 2.84. The first-order valence-corrected chi connectivity index (χ1v) is 11.9. The fraction of sp³-hybridized carbons (Fsp3) is 0.542. The Morgan fingerprint density at radius 3 is 2.65 bits per heavy atom. The van der Waals surface area contributed by atoms with Crippen molar-refractivity contribution >= 4 is 28.3 Å². The van der Waals surface area contributed by atoms with Crippen LogP contribution in [0.4, 0.5) is 5.13 Å². The number of anilines is 1. The largest absolute Gasteiger partial charge is 0.352 e. The van der Waals surface area contributed by atoms with Gasteiger partial charge in [-0.1, -0.05) is 39.8 Å². The zero-order valence-corrected chi connectivity index (χ0v) is 19.8. The summed E-state index contributed by atoms with van der Waals surface area (Å²) in [4.78, 5) is 31.5. The van der Waals surface area contributed by atoms with Crippen LogP contribution in [-0.4, -0.2) is 41.3 Å². The van der Waals surface area contributed by atoms with Crippen LogP contribution < -0.4 is 10.6 Å². The molecule has 31 heavy (non-hydrogen) atoms. The third-order valence-corrected chi connectivity index (χ3v) is 6.38. The van der Waals surface area contributed by atoms with Gasteiger partial charge in [-0.3, -0.25) is 14.5 Å². The SMILES string of the molecule is CC1CCCN(Cc2csc(NC(=O)CCNC(=O)c3ccc(C(C)(C)C)cc3)n2)C1. The number of aromatic nitrogens is 1. The molecular formula is C24H34N4O2S. The normalized spacial score (nSPS) is 17.4. The van der Waals surface area contributed by atoms with E-state index in [0.29, 0.717) is 10.7 Å². The Bertz CT molecular complexity index is 886. The predicted molar refractivity (Wildman–Crippen MR) is 127 cm³/mol. The van der Waals surface area contributed by atoms with E-state index < -0.39 is 0 Å². The van der Waals surface area contributed by atoms with Gasteiger partial charge in [0.1, 0.15) is 0 Å². The zero-order valence-electron chi connectivity index (χ0n) is 19.0. The van der Waals surface area contributed by atoms with E-state index in [-0.39, 0.29) is 30.2 Å². The number of hydrogen-bond donors (Lipinski definition) is 2. The molecule has 1 aliphatic heterocycles. The number of carbonyl (C=O) groups excluding carboxylic acids is 2. The van der Waals surface area contributed by atoms with E-state index in [1.807, 2.05) is 29.6 Å². The summed E-state index contributed by atoms with van der Waals surface area (Å²) < 4.78 is 0. The smallest absolute Gasteiger partial charge is 0.251 e. The molecule has 2 heterocycles. The van der Waals surface area contributed by atoms with Crippen molar-refractivity contribution < 1.29 is 9.59 Å². The molecule has 2 aromatic rings. The van der Waals surface area contributed by atoms with E-state index in [0.717, 1.165) is 31.2 Å². The molecule has 1 saturated heterocycles. The summed E-state index contributed by atoms with van der Waals surface area (Å²) in [7, 11) is 0. The molecule has 1 fully saturated rings. The van der Waals surface area contributed by atoms with E-state index in [1.54, 1.807) is 0 Å². The van der Waals surface area contributed by atoms with Gasteiger partial charge in [-0.15, -0.1) is 11.3 Å². The molecule has 1 atom stereocenters. The Morgan fingerprint density at radius 2 is 1.97 bits per heavy atom. The topological polar surface area (TPSA) is 74.3 Å². The van der Waals surface area contributed by atoms with E-state index in [4.69, 9.17) is 0 Å². The van der Waals surface area contributed by atoms with Crippen molar-refractivity contribution in [1.29, 1.82) is 0 Å². The van der Waals surface area contributed by atoms with Crippen molar-refractivity contribution in [3.05, 3.63) is 46.5 Å². The van der Waals surface area contributed by atoms with Gasteiger partial charge in [0.2, 0.25) is 5.91 Å². The lowest BCUT2D eigenvalue weighted by Gasteiger charge is -2.30. The number of thiazole rings is 1. The molecule has 2 amide bonds. The minimum Gasteiger partial charge on any atom is -0.352 e. The van der Waals surface area contributed by atoms with E-state index in [1.165, 1.54) is 29.7 Å². The molecule has 1 aromatic heterocycles. The Hall–Kier alpha value is -2.25. The highest BCUT2D eigenvalue weighted by atomic mass is 32.1. The summed E-state index contributed by atoms with van der Waals surface area (Å²) in [5, 5.41) is 8.29. The lowest BCUT2D eigenvalue weighted by atomic mass is 9.87. The molecule has 0 saturated carbocycles. The first-order valence-electron chi connectivity index (χ1n) is 11.1. The standard InChI is InChI=1S/C24H34N4O2S/c1-17-6-5-13-28(14-17)15-20-16-31-23(26-20)27-21(29)11-12-25-22(30)18-7-9-19(10-8-18)24(2,3)4/h7-10,16-17H,5-6,11-15H2,1-4H3,(H,25,30)(H,26,27,29). The van der Waals surface area contributed by atoms with E-state index in [2.05, 4.69) is 48.2 Å². The number of likely N-dealkylation sites (tertiary alicyclic amines) is 1. The number of carbonyl (C=O) groups is 2. The number of nitrogens with one attached hydrogen (secondary N) is 2. The summed E-state index contributed by atoms with van der Waals surface area (Å²) in [5.74, 6) is 0.426. The van der Waals surface area contributed by atoms with Gasteiger partial charge in [0.15, 0.2) is 5.13 Å². The van der Waals surface area contributed by atoms with Crippen molar-refractivity contribution in [2.45, 2.75) is 58.9 Å². The average Bonchev–Trinajstić information content (AvgIpc) is 3.14. The highest BCUT2D eigenvalue weighted by molar-refractivity contribution is 7.13. The first-order chi connectivity index (χ1) is 14.7. The lowest BCUT2D eigenvalue weighted by Crippen LogP contribution is -2.33. The minimum absolute atomic E-state index is 0.0506. The lowest BCUT2D eigenvalue weighted by molar-refractivity contribution is -0.116. The van der Waals surface area contributed by atoms with Crippen LogP contribution >= 0.6 is 11.3 Å². The molecule has 0 spiro atoms. The van der Waals surface area contributed by atoms with Gasteiger partial charge < -0.3 is 10.6 Å². The van der Waals surface area contributed by atoms with Gasteiger partial charge in [0.25, 0.3) is 5.91 Å². The first kappa shape index (κ1) is 23.4. The van der Waals surface area contributed by atoms with E-state index in [9.17, 15) is 9.59 Å². The fourth-order valence-corrected chi connectivity index (χ4v) is 4.51. The van der Waals surface area contributed by atoms with Crippen LogP contribution in [0.15, 0.2) is 29.6 Å². The van der Waals surface area contributed by atoms with Crippen molar-refractivity contribution in [3.8, 4) is 0 Å². The Labute approximate surface area is 189 Å².